The highest BCUT2D eigenvalue weighted by Crippen LogP contribution is 2.06. The number of hydrogen-bond acceptors (Lipinski definition) is 3. The molecule has 110 valence electrons. The summed E-state index contributed by atoms with van der Waals surface area (Å²) in [6.45, 7) is 2.16. The molecule has 0 saturated carbocycles. The fourth-order valence-electron chi connectivity index (χ4n) is 1.69. The first-order chi connectivity index (χ1) is 9.45. The Kier molecular flexibility index (Phi) is 5.76. The zero-order chi connectivity index (χ0) is 15.1. The van der Waals surface area contributed by atoms with Crippen LogP contribution < -0.4 is 5.32 Å². The first-order valence-electron chi connectivity index (χ1n) is 6.34. The van der Waals surface area contributed by atoms with E-state index in [4.69, 9.17) is 5.11 Å². The van der Waals surface area contributed by atoms with Crippen molar-refractivity contribution in [2.75, 3.05) is 20.1 Å². The Morgan fingerprint density at radius 2 is 2.10 bits per heavy atom. The van der Waals surface area contributed by atoms with Crippen LogP contribution in [0.4, 0.5) is 0 Å². The third-order valence-electron chi connectivity index (χ3n) is 2.65. The van der Waals surface area contributed by atoms with Crippen LogP contribution in [0.2, 0.25) is 0 Å². The summed E-state index contributed by atoms with van der Waals surface area (Å²) in [7, 11) is 1.51. The van der Waals surface area contributed by atoms with Crippen molar-refractivity contribution in [1.82, 2.24) is 14.8 Å². The lowest BCUT2D eigenvalue weighted by atomic mass is 10.3. The highest BCUT2D eigenvalue weighted by molar-refractivity contribution is 5.95. The van der Waals surface area contributed by atoms with Gasteiger partial charge in [0.25, 0.3) is 5.91 Å². The lowest BCUT2D eigenvalue weighted by Gasteiger charge is -2.17. The summed E-state index contributed by atoms with van der Waals surface area (Å²) >= 11 is 0. The third kappa shape index (κ3) is 4.42. The van der Waals surface area contributed by atoms with Gasteiger partial charge < -0.3 is 19.9 Å². The molecule has 0 radical (unpaired) electrons. The highest BCUT2D eigenvalue weighted by atomic mass is 16.4. The van der Waals surface area contributed by atoms with Crippen LogP contribution in [0.15, 0.2) is 18.3 Å². The maximum absolute atomic E-state index is 12.1. The second kappa shape index (κ2) is 7.32. The molecule has 7 nitrogen and oxygen atoms in total. The summed E-state index contributed by atoms with van der Waals surface area (Å²) in [4.78, 5) is 35.7. The smallest absolute Gasteiger partial charge is 0.323 e. The van der Waals surface area contributed by atoms with E-state index in [-0.39, 0.29) is 30.6 Å². The fraction of sp³-hybridized carbons (Fsp3) is 0.462. The van der Waals surface area contributed by atoms with Gasteiger partial charge in [0.1, 0.15) is 12.2 Å². The predicted molar refractivity (Wildman–Crippen MR) is 72.3 cm³/mol. The van der Waals surface area contributed by atoms with E-state index in [0.29, 0.717) is 6.54 Å². The minimum Gasteiger partial charge on any atom is -0.480 e. The lowest BCUT2D eigenvalue weighted by molar-refractivity contribution is -0.137. The van der Waals surface area contributed by atoms with Crippen molar-refractivity contribution in [3.8, 4) is 0 Å². The molecule has 0 aliphatic carbocycles. The number of carbonyl (C=O) groups is 3. The number of carboxylic acid groups (broad SMARTS) is 1. The van der Waals surface area contributed by atoms with Crippen LogP contribution >= 0.6 is 0 Å². The Bertz CT molecular complexity index is 496. The van der Waals surface area contributed by atoms with Crippen LogP contribution in [-0.2, 0) is 16.1 Å². The summed E-state index contributed by atoms with van der Waals surface area (Å²) in [6, 6.07) is 3.13. The lowest BCUT2D eigenvalue weighted by Crippen LogP contribution is -2.39. The van der Waals surface area contributed by atoms with Crippen molar-refractivity contribution in [1.29, 1.82) is 0 Å². The number of aromatic nitrogens is 1. The SMILES string of the molecule is CCCNC(=O)CN(C)C(=O)c1cccn1CC(=O)O. The monoisotopic (exact) mass is 281 g/mol. The average Bonchev–Trinajstić information content (AvgIpc) is 2.82. The van der Waals surface area contributed by atoms with Gasteiger partial charge in [-0.2, -0.15) is 0 Å². The Hall–Kier alpha value is -2.31. The molecule has 7 heteroatoms. The van der Waals surface area contributed by atoms with E-state index >= 15 is 0 Å². The van der Waals surface area contributed by atoms with E-state index in [1.807, 2.05) is 6.92 Å². The number of amides is 2. The Morgan fingerprint density at radius 3 is 2.70 bits per heavy atom. The fourth-order valence-corrected chi connectivity index (χ4v) is 1.69. The van der Waals surface area contributed by atoms with Crippen LogP contribution in [0.25, 0.3) is 0 Å². The van der Waals surface area contributed by atoms with Crippen molar-refractivity contribution in [3.63, 3.8) is 0 Å². The van der Waals surface area contributed by atoms with E-state index in [0.717, 1.165) is 6.42 Å². The molecule has 0 aliphatic heterocycles. The van der Waals surface area contributed by atoms with Gasteiger partial charge in [0.15, 0.2) is 0 Å². The second-order valence-electron chi connectivity index (χ2n) is 4.43. The zero-order valence-electron chi connectivity index (χ0n) is 11.6. The van der Waals surface area contributed by atoms with Crippen LogP contribution in [0.3, 0.4) is 0 Å². The van der Waals surface area contributed by atoms with E-state index < -0.39 is 5.97 Å². The predicted octanol–water partition coefficient (Wildman–Crippen LogP) is 0.171. The van der Waals surface area contributed by atoms with Gasteiger partial charge in [0.05, 0.1) is 6.54 Å². The van der Waals surface area contributed by atoms with E-state index in [1.165, 1.54) is 28.8 Å². The maximum Gasteiger partial charge on any atom is 0.323 e. The number of aliphatic carboxylic acids is 1. The molecule has 0 saturated heterocycles. The molecule has 0 unspecified atom stereocenters. The number of likely N-dealkylation sites (N-methyl/N-ethyl adjacent to an activating group) is 1. The quantitative estimate of drug-likeness (QED) is 0.745. The molecule has 0 fully saturated rings. The van der Waals surface area contributed by atoms with Crippen molar-refractivity contribution >= 4 is 17.8 Å². The molecule has 2 N–H and O–H groups in total. The van der Waals surface area contributed by atoms with Crippen LogP contribution in [-0.4, -0.2) is 52.5 Å². The van der Waals surface area contributed by atoms with Gasteiger partial charge in [-0.3, -0.25) is 14.4 Å². The standard InChI is InChI=1S/C13H19N3O4/c1-3-6-14-11(17)8-15(2)13(20)10-5-4-7-16(10)9-12(18)19/h4-5,7H,3,6,8-9H2,1-2H3,(H,14,17)(H,18,19). The molecule has 0 aromatic carbocycles. The van der Waals surface area contributed by atoms with Crippen LogP contribution in [0.5, 0.6) is 0 Å². The molecule has 0 aliphatic rings. The number of rotatable bonds is 7. The normalized spacial score (nSPS) is 10.1. The van der Waals surface area contributed by atoms with Gasteiger partial charge in [-0.05, 0) is 18.6 Å². The minimum absolute atomic E-state index is 0.0584. The summed E-state index contributed by atoms with van der Waals surface area (Å²) in [6.07, 6.45) is 2.34. The summed E-state index contributed by atoms with van der Waals surface area (Å²) in [5, 5.41) is 11.4. The Balaban J connectivity index is 2.67. The third-order valence-corrected chi connectivity index (χ3v) is 2.65. The Labute approximate surface area is 117 Å². The Morgan fingerprint density at radius 1 is 1.40 bits per heavy atom. The average molecular weight is 281 g/mol. The van der Waals surface area contributed by atoms with Gasteiger partial charge >= 0.3 is 5.97 Å². The van der Waals surface area contributed by atoms with Crippen molar-refractivity contribution in [3.05, 3.63) is 24.0 Å². The number of nitrogens with zero attached hydrogens (tertiary/aromatic N) is 2. The number of hydrogen-bond donors (Lipinski definition) is 2. The molecule has 1 aromatic rings. The number of carbonyl (C=O) groups excluding carboxylic acids is 2. The van der Waals surface area contributed by atoms with Gasteiger partial charge in [-0.1, -0.05) is 6.92 Å². The number of nitrogens with one attached hydrogen (secondary N) is 1. The van der Waals surface area contributed by atoms with E-state index in [9.17, 15) is 14.4 Å². The van der Waals surface area contributed by atoms with E-state index in [1.54, 1.807) is 6.07 Å². The largest absolute Gasteiger partial charge is 0.480 e. The van der Waals surface area contributed by atoms with Crippen molar-refractivity contribution in [2.24, 2.45) is 0 Å². The first kappa shape index (κ1) is 15.7. The second-order valence-corrected chi connectivity index (χ2v) is 4.43. The topological polar surface area (TPSA) is 91.6 Å². The van der Waals surface area contributed by atoms with Crippen molar-refractivity contribution in [2.45, 2.75) is 19.9 Å². The summed E-state index contributed by atoms with van der Waals surface area (Å²) < 4.78 is 1.34. The molecule has 0 bridgehead atoms. The molecular weight excluding hydrogens is 262 g/mol. The van der Waals surface area contributed by atoms with Crippen LogP contribution in [0.1, 0.15) is 23.8 Å². The molecular formula is C13H19N3O4. The minimum atomic E-state index is -1.03. The van der Waals surface area contributed by atoms with Gasteiger partial charge in [0.2, 0.25) is 5.91 Å². The van der Waals surface area contributed by atoms with E-state index in [2.05, 4.69) is 5.32 Å². The molecule has 0 atom stereocenters. The molecule has 1 rings (SSSR count). The van der Waals surface area contributed by atoms with Gasteiger partial charge in [-0.15, -0.1) is 0 Å². The van der Waals surface area contributed by atoms with Crippen LogP contribution in [0, 0.1) is 0 Å². The molecule has 1 heterocycles. The summed E-state index contributed by atoms with van der Waals surface area (Å²) in [5.41, 5.74) is 0.248. The first-order valence-corrected chi connectivity index (χ1v) is 6.34. The molecule has 1 aromatic heterocycles. The molecule has 0 spiro atoms. The van der Waals surface area contributed by atoms with Crippen molar-refractivity contribution < 1.29 is 19.5 Å². The molecule has 2 amide bonds. The summed E-state index contributed by atoms with van der Waals surface area (Å²) in [5.74, 6) is -1.65. The number of carboxylic acids is 1. The van der Waals surface area contributed by atoms with Gasteiger partial charge in [0, 0.05) is 19.8 Å². The zero-order valence-corrected chi connectivity index (χ0v) is 11.6. The molecule has 20 heavy (non-hydrogen) atoms. The van der Waals surface area contributed by atoms with Gasteiger partial charge in [-0.25, -0.2) is 0 Å². The maximum atomic E-state index is 12.1. The highest BCUT2D eigenvalue weighted by Gasteiger charge is 2.18.